The number of hydrogen-bond donors (Lipinski definition) is 2. The lowest BCUT2D eigenvalue weighted by molar-refractivity contribution is -0.150. The number of carboxylic acids is 1. The Labute approximate surface area is 170 Å². The van der Waals surface area contributed by atoms with Gasteiger partial charge in [0.1, 0.15) is 24.2 Å². The van der Waals surface area contributed by atoms with Crippen molar-refractivity contribution in [3.8, 4) is 11.8 Å². The average molecular weight is 415 g/mol. The summed E-state index contributed by atoms with van der Waals surface area (Å²) in [6, 6.07) is 2.23. The summed E-state index contributed by atoms with van der Waals surface area (Å²) >= 11 is 1.35. The maximum absolute atomic E-state index is 12.6. The molecule has 2 aliphatic heterocycles. The van der Waals surface area contributed by atoms with E-state index in [4.69, 9.17) is 4.42 Å². The maximum atomic E-state index is 12.6. The van der Waals surface area contributed by atoms with Crippen molar-refractivity contribution in [3.63, 3.8) is 0 Å². The van der Waals surface area contributed by atoms with Crippen molar-refractivity contribution in [1.82, 2.24) is 10.2 Å². The molecule has 3 rings (SSSR count). The third-order valence-electron chi connectivity index (χ3n) is 4.15. The lowest BCUT2D eigenvalue weighted by Crippen LogP contribution is -2.71. The van der Waals surface area contributed by atoms with Crippen molar-refractivity contribution in [2.45, 2.75) is 18.3 Å². The number of rotatable bonds is 6. The van der Waals surface area contributed by atoms with Gasteiger partial charge in [-0.15, -0.1) is 17.7 Å². The van der Waals surface area contributed by atoms with Crippen LogP contribution in [0.25, 0.3) is 0 Å². The van der Waals surface area contributed by atoms with Crippen LogP contribution in [0.3, 0.4) is 0 Å². The first kappa shape index (κ1) is 20.3. The molecule has 1 aromatic heterocycles. The van der Waals surface area contributed by atoms with Crippen molar-refractivity contribution in [3.05, 3.63) is 47.6 Å². The molecular formula is C19H17N3O6S. The summed E-state index contributed by atoms with van der Waals surface area (Å²) in [7, 11) is 1.28. The highest BCUT2D eigenvalue weighted by molar-refractivity contribution is 8.00. The third kappa shape index (κ3) is 3.90. The van der Waals surface area contributed by atoms with E-state index < -0.39 is 29.2 Å². The minimum absolute atomic E-state index is 0.102. The Balaban J connectivity index is 1.80. The van der Waals surface area contributed by atoms with Gasteiger partial charge in [0.25, 0.3) is 11.8 Å². The fourth-order valence-electron chi connectivity index (χ4n) is 2.91. The van der Waals surface area contributed by atoms with Crippen molar-refractivity contribution in [1.29, 1.82) is 0 Å². The van der Waals surface area contributed by atoms with Crippen LogP contribution in [-0.4, -0.2) is 57.8 Å². The zero-order valence-electron chi connectivity index (χ0n) is 15.5. The number of allylic oxidation sites excluding steroid dienone is 2. The zero-order chi connectivity index (χ0) is 21.0. The van der Waals surface area contributed by atoms with Gasteiger partial charge in [0, 0.05) is 5.75 Å². The number of fused-ring (bicyclic) bond motifs is 1. The van der Waals surface area contributed by atoms with Crippen LogP contribution in [0, 0.1) is 11.8 Å². The van der Waals surface area contributed by atoms with Gasteiger partial charge in [-0.05, 0) is 36.8 Å². The van der Waals surface area contributed by atoms with E-state index in [9.17, 15) is 19.5 Å². The summed E-state index contributed by atoms with van der Waals surface area (Å²) < 4.78 is 5.17. The molecule has 10 heteroatoms. The molecule has 1 aromatic rings. The molecule has 29 heavy (non-hydrogen) atoms. The number of carbonyl (C=O) groups is 3. The number of oxime groups is 1. The Morgan fingerprint density at radius 2 is 2.31 bits per heavy atom. The number of thioether (sulfide) groups is 1. The minimum Gasteiger partial charge on any atom is -0.477 e. The van der Waals surface area contributed by atoms with Crippen LogP contribution in [0.1, 0.15) is 12.7 Å². The molecule has 0 unspecified atom stereocenters. The van der Waals surface area contributed by atoms with E-state index in [1.807, 2.05) is 0 Å². The smallest absolute Gasteiger partial charge is 0.352 e. The third-order valence-corrected chi connectivity index (χ3v) is 5.45. The summed E-state index contributed by atoms with van der Waals surface area (Å²) in [5.41, 5.74) is 0.257. The number of carbonyl (C=O) groups excluding carboxylic acids is 2. The molecule has 1 fully saturated rings. The van der Waals surface area contributed by atoms with Gasteiger partial charge in [0.2, 0.25) is 5.71 Å². The largest absolute Gasteiger partial charge is 0.477 e. The van der Waals surface area contributed by atoms with Gasteiger partial charge in [-0.25, -0.2) is 4.79 Å². The van der Waals surface area contributed by atoms with Crippen LogP contribution < -0.4 is 5.32 Å². The van der Waals surface area contributed by atoms with Gasteiger partial charge >= 0.3 is 5.97 Å². The van der Waals surface area contributed by atoms with Gasteiger partial charge < -0.3 is 19.7 Å². The summed E-state index contributed by atoms with van der Waals surface area (Å²) in [6.45, 7) is 1.67. The number of aliphatic carboxylic acids is 1. The second-order valence-electron chi connectivity index (χ2n) is 5.87. The fourth-order valence-corrected chi connectivity index (χ4v) is 4.23. The predicted molar refractivity (Wildman–Crippen MR) is 105 cm³/mol. The Bertz CT molecular complexity index is 983. The molecule has 2 N–H and O–H groups in total. The Morgan fingerprint density at radius 1 is 1.52 bits per heavy atom. The SMILES string of the molecule is CC#CC=CC1=C(C(=O)O)N2C(=O)[C@@H](NC(=O)C(=NOC)c3ccco3)[C@H]2SC1. The zero-order valence-corrected chi connectivity index (χ0v) is 16.4. The lowest BCUT2D eigenvalue weighted by Gasteiger charge is -2.49. The molecule has 2 atom stereocenters. The van der Waals surface area contributed by atoms with Crippen LogP contribution >= 0.6 is 11.8 Å². The van der Waals surface area contributed by atoms with Gasteiger partial charge in [-0.3, -0.25) is 14.5 Å². The van der Waals surface area contributed by atoms with Crippen molar-refractivity contribution < 1.29 is 28.7 Å². The number of furan rings is 1. The molecule has 0 saturated carbocycles. The van der Waals surface area contributed by atoms with Crippen LogP contribution in [0.15, 0.2) is 51.4 Å². The standard InChI is InChI=1S/C19H17N3O6S/c1-3-4-5-7-11-10-29-18-14(17(24)22(18)15(11)19(25)26)20-16(23)13(21-27-2)12-8-6-9-28-12/h5-9,14,18H,10H2,1-2H3,(H,20,23)(H,25,26)/t14-,18-/m1/s1. The van der Waals surface area contributed by atoms with E-state index in [1.54, 1.807) is 25.1 Å². The molecule has 0 bridgehead atoms. The number of hydrogen-bond acceptors (Lipinski definition) is 7. The van der Waals surface area contributed by atoms with Crippen LogP contribution in [-0.2, 0) is 19.2 Å². The fraction of sp³-hybridized carbons (Fsp3) is 0.263. The first-order chi connectivity index (χ1) is 14.0. The van der Waals surface area contributed by atoms with Crippen LogP contribution in [0.4, 0.5) is 0 Å². The minimum atomic E-state index is -1.21. The topological polar surface area (TPSA) is 121 Å². The Morgan fingerprint density at radius 3 is 2.93 bits per heavy atom. The molecule has 2 amide bonds. The van der Waals surface area contributed by atoms with Gasteiger partial charge in [-0.1, -0.05) is 11.1 Å². The highest BCUT2D eigenvalue weighted by atomic mass is 32.2. The molecule has 2 aliphatic rings. The van der Waals surface area contributed by atoms with Crippen LogP contribution in [0.5, 0.6) is 0 Å². The van der Waals surface area contributed by atoms with E-state index in [2.05, 4.69) is 27.2 Å². The van der Waals surface area contributed by atoms with E-state index in [-0.39, 0.29) is 17.2 Å². The number of carboxylic acid groups (broad SMARTS) is 1. The molecule has 9 nitrogen and oxygen atoms in total. The number of amides is 2. The molecule has 0 radical (unpaired) electrons. The normalized spacial score (nSPS) is 21.2. The highest BCUT2D eigenvalue weighted by Gasteiger charge is 2.54. The molecule has 0 aromatic carbocycles. The predicted octanol–water partition coefficient (Wildman–Crippen LogP) is 0.948. The number of β-lactam (4-membered cyclic amide) rings is 1. The van der Waals surface area contributed by atoms with Gasteiger partial charge in [0.15, 0.2) is 5.76 Å². The maximum Gasteiger partial charge on any atom is 0.352 e. The summed E-state index contributed by atoms with van der Waals surface area (Å²) in [6.07, 6.45) is 4.51. The molecule has 3 heterocycles. The molecule has 1 saturated heterocycles. The Hall–Kier alpha value is -3.45. The summed E-state index contributed by atoms with van der Waals surface area (Å²) in [4.78, 5) is 42.8. The first-order valence-corrected chi connectivity index (χ1v) is 9.50. The second-order valence-corrected chi connectivity index (χ2v) is 6.97. The van der Waals surface area contributed by atoms with Crippen LogP contribution in [0.2, 0.25) is 0 Å². The van der Waals surface area contributed by atoms with Gasteiger partial charge in [-0.2, -0.15) is 0 Å². The molecule has 150 valence electrons. The molecular weight excluding hydrogens is 398 g/mol. The van der Waals surface area contributed by atoms with E-state index in [1.165, 1.54) is 36.1 Å². The number of nitrogens with one attached hydrogen (secondary N) is 1. The van der Waals surface area contributed by atoms with E-state index >= 15 is 0 Å². The van der Waals surface area contributed by atoms with Crippen molar-refractivity contribution in [2.75, 3.05) is 12.9 Å². The van der Waals surface area contributed by atoms with Gasteiger partial charge in [0.05, 0.1) is 6.26 Å². The summed E-state index contributed by atoms with van der Waals surface area (Å²) in [5.74, 6) is 3.56. The number of nitrogens with zero attached hydrogens (tertiary/aromatic N) is 2. The second kappa shape index (κ2) is 8.70. The van der Waals surface area contributed by atoms with E-state index in [0.29, 0.717) is 11.3 Å². The summed E-state index contributed by atoms with van der Waals surface area (Å²) in [5, 5.41) is 15.3. The molecule has 0 aliphatic carbocycles. The van der Waals surface area contributed by atoms with Crippen molar-refractivity contribution >= 4 is 35.3 Å². The average Bonchev–Trinajstić information content (AvgIpc) is 3.23. The van der Waals surface area contributed by atoms with Crippen molar-refractivity contribution in [2.24, 2.45) is 5.16 Å². The Kier molecular flexibility index (Phi) is 6.09. The molecule has 0 spiro atoms. The monoisotopic (exact) mass is 415 g/mol. The first-order valence-electron chi connectivity index (χ1n) is 8.45. The quantitative estimate of drug-likeness (QED) is 0.307. The highest BCUT2D eigenvalue weighted by Crippen LogP contribution is 2.40. The lowest BCUT2D eigenvalue weighted by atomic mass is 10.0. The van der Waals surface area contributed by atoms with E-state index in [0.717, 1.165) is 0 Å².